The summed E-state index contributed by atoms with van der Waals surface area (Å²) in [4.78, 5) is 53.0. The number of anilines is 2. The zero-order valence-electron chi connectivity index (χ0n) is 21.4. The first-order valence-corrected chi connectivity index (χ1v) is 10.6. The topological polar surface area (TPSA) is 194 Å². The van der Waals surface area contributed by atoms with E-state index in [0.29, 0.717) is 16.3 Å². The van der Waals surface area contributed by atoms with Gasteiger partial charge >= 0.3 is 12.2 Å². The number of amides is 2. The molecular weight excluding hydrogens is 476 g/mol. The zero-order valence-corrected chi connectivity index (χ0v) is 21.4. The van der Waals surface area contributed by atoms with Crippen LogP contribution in [0.25, 0.3) is 0 Å². The maximum Gasteiger partial charge on any atom is 0.425 e. The third kappa shape index (κ3) is 9.12. The molecule has 2 rings (SSSR count). The Balaban J connectivity index is 0.000000488. The molecule has 0 unspecified atom stereocenters. The van der Waals surface area contributed by atoms with Crippen LogP contribution in [0.5, 0.6) is 0 Å². The van der Waals surface area contributed by atoms with Crippen LogP contribution < -0.4 is 10.6 Å². The standard InChI is InChI=1S/C16H23N3O6.C6H7N3O2/c1-10-8-11(19(22)23)9-17-12(10)18(13(20)24-15(2,3)4)14(21)25-16(5,6)7;1-4-2-5(9(10)11)3-8-6(4)7/h8-9H,1-7H3;2-3H,1H3,(H2,7,8). The second-order valence-electron chi connectivity index (χ2n) is 9.54. The van der Waals surface area contributed by atoms with Crippen molar-refractivity contribution in [3.8, 4) is 0 Å². The molecular formula is C22H30N6O8. The van der Waals surface area contributed by atoms with Crippen molar-refractivity contribution in [2.45, 2.75) is 66.6 Å². The highest BCUT2D eigenvalue weighted by atomic mass is 16.6. The van der Waals surface area contributed by atoms with E-state index in [9.17, 15) is 29.8 Å². The molecule has 2 amide bonds. The fourth-order valence-corrected chi connectivity index (χ4v) is 2.42. The minimum Gasteiger partial charge on any atom is -0.443 e. The zero-order chi connectivity index (χ0) is 28.0. The second-order valence-corrected chi connectivity index (χ2v) is 9.54. The summed E-state index contributed by atoms with van der Waals surface area (Å²) in [6, 6.07) is 2.60. The van der Waals surface area contributed by atoms with Gasteiger partial charge in [0.15, 0.2) is 5.82 Å². The predicted octanol–water partition coefficient (Wildman–Crippen LogP) is 4.86. The highest BCUT2D eigenvalue weighted by molar-refractivity contribution is 6.09. The minimum absolute atomic E-state index is 0.0308. The van der Waals surface area contributed by atoms with Gasteiger partial charge in [-0.1, -0.05) is 0 Å². The molecule has 0 aromatic carbocycles. The van der Waals surface area contributed by atoms with Crippen LogP contribution in [0.2, 0.25) is 0 Å². The first-order valence-electron chi connectivity index (χ1n) is 10.6. The molecule has 2 aromatic rings. The van der Waals surface area contributed by atoms with E-state index in [1.165, 1.54) is 19.1 Å². The van der Waals surface area contributed by atoms with Crippen molar-refractivity contribution in [1.82, 2.24) is 9.97 Å². The number of nitrogens with zero attached hydrogens (tertiary/aromatic N) is 5. The lowest BCUT2D eigenvalue weighted by Gasteiger charge is -2.28. The van der Waals surface area contributed by atoms with Crippen molar-refractivity contribution >= 4 is 35.2 Å². The Morgan fingerprint density at radius 2 is 1.22 bits per heavy atom. The number of aryl methyl sites for hydroxylation is 2. The minimum atomic E-state index is -0.980. The molecule has 2 aromatic heterocycles. The lowest BCUT2D eigenvalue weighted by Crippen LogP contribution is -2.44. The van der Waals surface area contributed by atoms with Crippen LogP contribution in [-0.2, 0) is 9.47 Å². The number of nitrogens with two attached hydrogens (primary N) is 1. The highest BCUT2D eigenvalue weighted by Crippen LogP contribution is 2.25. The van der Waals surface area contributed by atoms with Crippen LogP contribution >= 0.6 is 0 Å². The van der Waals surface area contributed by atoms with Gasteiger partial charge in [-0.25, -0.2) is 19.6 Å². The molecule has 0 aliphatic rings. The van der Waals surface area contributed by atoms with Gasteiger partial charge in [-0.3, -0.25) is 20.2 Å². The second kappa shape index (κ2) is 11.4. The first-order chi connectivity index (χ1) is 16.3. The summed E-state index contributed by atoms with van der Waals surface area (Å²) >= 11 is 0. The van der Waals surface area contributed by atoms with Crippen LogP contribution in [0, 0.1) is 34.1 Å². The maximum atomic E-state index is 12.5. The average Bonchev–Trinajstić information content (AvgIpc) is 2.69. The van der Waals surface area contributed by atoms with Crippen LogP contribution in [0.4, 0.5) is 32.6 Å². The monoisotopic (exact) mass is 506 g/mol. The van der Waals surface area contributed by atoms with Crippen molar-refractivity contribution in [2.75, 3.05) is 10.6 Å². The van der Waals surface area contributed by atoms with Gasteiger partial charge in [-0.05, 0) is 66.5 Å². The Labute approximate surface area is 207 Å². The molecule has 0 fully saturated rings. The normalized spacial score (nSPS) is 11.0. The van der Waals surface area contributed by atoms with Gasteiger partial charge in [-0.15, -0.1) is 0 Å². The lowest BCUT2D eigenvalue weighted by atomic mass is 10.2. The fraction of sp³-hybridized carbons (Fsp3) is 0.455. The smallest absolute Gasteiger partial charge is 0.425 e. The quantitative estimate of drug-likeness (QED) is 0.441. The van der Waals surface area contributed by atoms with Crippen LogP contribution in [0.3, 0.4) is 0 Å². The average molecular weight is 507 g/mol. The van der Waals surface area contributed by atoms with E-state index in [1.807, 2.05) is 0 Å². The SMILES string of the molecule is Cc1cc([N+](=O)[O-])cnc1N.Cc1cc([N+](=O)[O-])cnc1N(C(=O)OC(C)(C)C)C(=O)OC(C)(C)C. The summed E-state index contributed by atoms with van der Waals surface area (Å²) in [6.07, 6.45) is 0.143. The third-order valence-corrected chi connectivity index (χ3v) is 3.93. The Hall–Kier alpha value is -4.36. The van der Waals surface area contributed by atoms with E-state index >= 15 is 0 Å². The molecule has 0 aliphatic heterocycles. The molecule has 0 spiro atoms. The summed E-state index contributed by atoms with van der Waals surface area (Å²) in [5, 5.41) is 21.0. The van der Waals surface area contributed by atoms with E-state index in [0.717, 1.165) is 12.4 Å². The molecule has 14 heteroatoms. The number of pyridine rings is 2. The summed E-state index contributed by atoms with van der Waals surface area (Å²) in [5.74, 6) is 0.240. The number of nitro groups is 2. The van der Waals surface area contributed by atoms with E-state index in [4.69, 9.17) is 15.2 Å². The van der Waals surface area contributed by atoms with Crippen molar-refractivity contribution in [1.29, 1.82) is 0 Å². The van der Waals surface area contributed by atoms with Gasteiger partial charge in [-0.2, -0.15) is 4.90 Å². The van der Waals surface area contributed by atoms with E-state index in [1.54, 1.807) is 48.5 Å². The Morgan fingerprint density at radius 3 is 1.56 bits per heavy atom. The molecule has 0 saturated carbocycles. The van der Waals surface area contributed by atoms with E-state index < -0.39 is 33.2 Å². The molecule has 0 radical (unpaired) electrons. The maximum absolute atomic E-state index is 12.5. The molecule has 196 valence electrons. The number of aromatic nitrogens is 2. The Bertz CT molecular complexity index is 1130. The number of carbonyl (C=O) groups is 2. The summed E-state index contributed by atoms with van der Waals surface area (Å²) in [5.41, 5.74) is 4.24. The van der Waals surface area contributed by atoms with Crippen molar-refractivity contribution < 1.29 is 28.9 Å². The van der Waals surface area contributed by atoms with E-state index in [2.05, 4.69) is 9.97 Å². The van der Waals surface area contributed by atoms with Crippen molar-refractivity contribution in [2.24, 2.45) is 0 Å². The fourth-order valence-electron chi connectivity index (χ4n) is 2.42. The molecule has 0 bridgehead atoms. The largest absolute Gasteiger partial charge is 0.443 e. The Kier molecular flexibility index (Phi) is 9.38. The van der Waals surface area contributed by atoms with Gasteiger partial charge in [0.25, 0.3) is 11.4 Å². The van der Waals surface area contributed by atoms with Gasteiger partial charge in [0.05, 0.1) is 9.85 Å². The highest BCUT2D eigenvalue weighted by Gasteiger charge is 2.34. The first kappa shape index (κ1) is 29.7. The van der Waals surface area contributed by atoms with Gasteiger partial charge < -0.3 is 15.2 Å². The van der Waals surface area contributed by atoms with Crippen molar-refractivity contribution in [3.63, 3.8) is 0 Å². The summed E-state index contributed by atoms with van der Waals surface area (Å²) < 4.78 is 10.5. The Morgan fingerprint density at radius 1 is 0.833 bits per heavy atom. The number of imide groups is 1. The molecule has 2 N–H and O–H groups in total. The van der Waals surface area contributed by atoms with Gasteiger partial charge in [0.2, 0.25) is 0 Å². The predicted molar refractivity (Wildman–Crippen MR) is 131 cm³/mol. The van der Waals surface area contributed by atoms with E-state index in [-0.39, 0.29) is 22.8 Å². The molecule has 36 heavy (non-hydrogen) atoms. The molecule has 14 nitrogen and oxygen atoms in total. The number of ether oxygens (including phenoxy) is 2. The third-order valence-electron chi connectivity index (χ3n) is 3.93. The number of carbonyl (C=O) groups excluding carboxylic acids is 2. The number of nitrogen functional groups attached to an aromatic ring is 1. The number of rotatable bonds is 3. The van der Waals surface area contributed by atoms with Gasteiger partial charge in [0.1, 0.15) is 29.4 Å². The van der Waals surface area contributed by atoms with Crippen LogP contribution in [0.1, 0.15) is 52.7 Å². The molecule has 0 atom stereocenters. The molecule has 0 aliphatic carbocycles. The summed E-state index contributed by atoms with van der Waals surface area (Å²) in [7, 11) is 0. The molecule has 0 saturated heterocycles. The molecule has 2 heterocycles. The number of hydrogen-bond donors (Lipinski definition) is 1. The van der Waals surface area contributed by atoms with Crippen LogP contribution in [0.15, 0.2) is 24.5 Å². The van der Waals surface area contributed by atoms with Gasteiger partial charge in [0, 0.05) is 12.1 Å². The van der Waals surface area contributed by atoms with Crippen molar-refractivity contribution in [3.05, 3.63) is 55.9 Å². The number of hydrogen-bond acceptors (Lipinski definition) is 11. The van der Waals surface area contributed by atoms with Crippen LogP contribution in [-0.4, -0.2) is 43.2 Å². The lowest BCUT2D eigenvalue weighted by molar-refractivity contribution is -0.385. The summed E-state index contributed by atoms with van der Waals surface area (Å²) in [6.45, 7) is 13.1.